The van der Waals surface area contributed by atoms with Gasteiger partial charge in [-0.3, -0.25) is 9.59 Å². The fourth-order valence-electron chi connectivity index (χ4n) is 4.70. The monoisotopic (exact) mass is 584 g/mol. The van der Waals surface area contributed by atoms with Crippen LogP contribution in [0.1, 0.15) is 162 Å². The first-order valence-electron chi connectivity index (χ1n) is 16.9. The Morgan fingerprint density at radius 3 is 1.51 bits per heavy atom. The van der Waals surface area contributed by atoms with Gasteiger partial charge in [-0.15, -0.1) is 0 Å². The Bertz CT molecular complexity index is 622. The second-order valence-corrected chi connectivity index (χ2v) is 11.6. The summed E-state index contributed by atoms with van der Waals surface area (Å²) >= 11 is 0. The molecular weight excluding hydrogens is 520 g/mol. The third-order valence-corrected chi connectivity index (χ3v) is 7.45. The summed E-state index contributed by atoms with van der Waals surface area (Å²) in [5.41, 5.74) is 0. The van der Waals surface area contributed by atoms with E-state index in [1.54, 1.807) is 0 Å². The summed E-state index contributed by atoms with van der Waals surface area (Å²) in [5, 5.41) is 30.1. The van der Waals surface area contributed by atoms with Crippen LogP contribution >= 0.6 is 0 Å². The van der Waals surface area contributed by atoms with Crippen molar-refractivity contribution >= 4 is 11.9 Å². The maximum atomic E-state index is 11.9. The minimum Gasteiger partial charge on any atom is -0.463 e. The standard InChI is InChI=1S/C34H64O7/c1-3-5-7-9-11-12-13-14-18-22-26-33(38)40-28-30(35)29-41-34(39)27-23-19-15-17-21-25-32(37)31(36)24-20-16-10-8-6-4-2/h16,20,30-32,35-37H,3-15,17-19,21-29H2,1-2H3/b20-16-/t30-,31-,32-/m1/s1. The molecule has 0 amide bonds. The predicted octanol–water partition coefficient (Wildman–Crippen LogP) is 7.72. The average molecular weight is 585 g/mol. The van der Waals surface area contributed by atoms with Gasteiger partial charge in [-0.1, -0.05) is 122 Å². The average Bonchev–Trinajstić information content (AvgIpc) is 2.96. The van der Waals surface area contributed by atoms with Crippen molar-refractivity contribution in [3.05, 3.63) is 12.2 Å². The zero-order valence-corrected chi connectivity index (χ0v) is 26.5. The molecule has 41 heavy (non-hydrogen) atoms. The molecule has 0 aromatic heterocycles. The van der Waals surface area contributed by atoms with E-state index in [2.05, 4.69) is 19.9 Å². The first-order chi connectivity index (χ1) is 19.9. The summed E-state index contributed by atoms with van der Waals surface area (Å²) in [6.07, 6.45) is 24.3. The van der Waals surface area contributed by atoms with Crippen LogP contribution in [0.25, 0.3) is 0 Å². The fourth-order valence-corrected chi connectivity index (χ4v) is 4.70. The Kier molecular flexibility index (Phi) is 29.0. The van der Waals surface area contributed by atoms with Crippen LogP contribution in [0.3, 0.4) is 0 Å². The van der Waals surface area contributed by atoms with Gasteiger partial charge in [0.2, 0.25) is 0 Å². The molecule has 0 aromatic carbocycles. The number of rotatable bonds is 30. The number of carbonyl (C=O) groups is 2. The molecule has 0 bridgehead atoms. The van der Waals surface area contributed by atoms with Crippen LogP contribution in [0.5, 0.6) is 0 Å². The van der Waals surface area contributed by atoms with Gasteiger partial charge in [0.25, 0.3) is 0 Å². The highest BCUT2D eigenvalue weighted by atomic mass is 16.6. The molecule has 0 spiro atoms. The number of ether oxygens (including phenoxy) is 2. The summed E-state index contributed by atoms with van der Waals surface area (Å²) in [6, 6.07) is 0. The van der Waals surface area contributed by atoms with Crippen molar-refractivity contribution in [2.75, 3.05) is 13.2 Å². The van der Waals surface area contributed by atoms with Crippen LogP contribution < -0.4 is 0 Å². The molecule has 3 atom stereocenters. The molecule has 0 heterocycles. The Morgan fingerprint density at radius 1 is 0.561 bits per heavy atom. The van der Waals surface area contributed by atoms with Gasteiger partial charge in [-0.25, -0.2) is 0 Å². The summed E-state index contributed by atoms with van der Waals surface area (Å²) < 4.78 is 10.2. The predicted molar refractivity (Wildman–Crippen MR) is 167 cm³/mol. The molecule has 242 valence electrons. The Balaban J connectivity index is 3.59. The van der Waals surface area contributed by atoms with Crippen molar-refractivity contribution in [1.29, 1.82) is 0 Å². The molecule has 0 rings (SSSR count). The lowest BCUT2D eigenvalue weighted by atomic mass is 10.0. The number of hydrogen-bond donors (Lipinski definition) is 3. The lowest BCUT2D eigenvalue weighted by molar-refractivity contribution is -0.152. The molecule has 0 saturated heterocycles. The number of aliphatic hydroxyl groups is 3. The maximum absolute atomic E-state index is 11.9. The maximum Gasteiger partial charge on any atom is 0.305 e. The minimum atomic E-state index is -1.01. The quantitative estimate of drug-likeness (QED) is 0.0450. The van der Waals surface area contributed by atoms with E-state index in [0.717, 1.165) is 51.4 Å². The van der Waals surface area contributed by atoms with Crippen LogP contribution in [-0.2, 0) is 19.1 Å². The van der Waals surface area contributed by atoms with Gasteiger partial charge in [-0.2, -0.15) is 0 Å². The van der Waals surface area contributed by atoms with Gasteiger partial charge >= 0.3 is 11.9 Å². The molecule has 0 radical (unpaired) electrons. The second kappa shape index (κ2) is 30.0. The normalized spacial score (nSPS) is 13.8. The van der Waals surface area contributed by atoms with Crippen molar-refractivity contribution in [2.24, 2.45) is 0 Å². The molecule has 0 aliphatic carbocycles. The van der Waals surface area contributed by atoms with Gasteiger partial charge in [0, 0.05) is 12.8 Å². The summed E-state index contributed by atoms with van der Waals surface area (Å²) in [5.74, 6) is -0.673. The lowest BCUT2D eigenvalue weighted by Crippen LogP contribution is -2.25. The van der Waals surface area contributed by atoms with E-state index in [-0.39, 0.29) is 31.6 Å². The minimum absolute atomic E-state index is 0.153. The first kappa shape index (κ1) is 39.6. The highest BCUT2D eigenvalue weighted by Crippen LogP contribution is 2.14. The van der Waals surface area contributed by atoms with E-state index in [4.69, 9.17) is 9.47 Å². The van der Waals surface area contributed by atoms with Gasteiger partial charge in [-0.05, 0) is 38.5 Å². The molecule has 0 aliphatic heterocycles. The summed E-state index contributed by atoms with van der Waals surface area (Å²) in [4.78, 5) is 23.8. The van der Waals surface area contributed by atoms with Crippen LogP contribution in [0, 0.1) is 0 Å². The number of unbranched alkanes of at least 4 members (excludes halogenated alkanes) is 16. The largest absolute Gasteiger partial charge is 0.463 e. The van der Waals surface area contributed by atoms with Crippen molar-refractivity contribution in [2.45, 2.75) is 180 Å². The zero-order valence-electron chi connectivity index (χ0n) is 26.5. The highest BCUT2D eigenvalue weighted by molar-refractivity contribution is 5.69. The van der Waals surface area contributed by atoms with Crippen LogP contribution in [0.2, 0.25) is 0 Å². The molecular formula is C34H64O7. The Labute approximate surface area is 251 Å². The molecule has 0 unspecified atom stereocenters. The summed E-state index contributed by atoms with van der Waals surface area (Å²) in [6.45, 7) is 4.08. The van der Waals surface area contributed by atoms with Crippen LogP contribution in [0.4, 0.5) is 0 Å². The molecule has 0 fully saturated rings. The summed E-state index contributed by atoms with van der Waals surface area (Å²) in [7, 11) is 0. The highest BCUT2D eigenvalue weighted by Gasteiger charge is 2.14. The van der Waals surface area contributed by atoms with Gasteiger partial charge in [0.1, 0.15) is 19.3 Å². The number of hydrogen-bond acceptors (Lipinski definition) is 7. The van der Waals surface area contributed by atoms with Gasteiger partial charge in [0.05, 0.1) is 12.2 Å². The molecule has 0 aliphatic rings. The Morgan fingerprint density at radius 2 is 1.00 bits per heavy atom. The van der Waals surface area contributed by atoms with E-state index in [1.165, 1.54) is 64.2 Å². The van der Waals surface area contributed by atoms with E-state index >= 15 is 0 Å². The fraction of sp³-hybridized carbons (Fsp3) is 0.882. The van der Waals surface area contributed by atoms with Crippen LogP contribution in [-0.4, -0.2) is 58.8 Å². The van der Waals surface area contributed by atoms with E-state index < -0.39 is 18.3 Å². The topological polar surface area (TPSA) is 113 Å². The molecule has 7 nitrogen and oxygen atoms in total. The third-order valence-electron chi connectivity index (χ3n) is 7.45. The van der Waals surface area contributed by atoms with E-state index in [0.29, 0.717) is 25.7 Å². The number of carbonyl (C=O) groups excluding carboxylic acids is 2. The second-order valence-electron chi connectivity index (χ2n) is 11.6. The molecule has 0 aromatic rings. The van der Waals surface area contributed by atoms with Crippen molar-refractivity contribution in [3.63, 3.8) is 0 Å². The molecule has 7 heteroatoms. The zero-order chi connectivity index (χ0) is 30.4. The first-order valence-corrected chi connectivity index (χ1v) is 16.9. The smallest absolute Gasteiger partial charge is 0.305 e. The van der Waals surface area contributed by atoms with Crippen LogP contribution in [0.15, 0.2) is 12.2 Å². The SMILES string of the molecule is CCCCC/C=C\C[C@@H](O)[C@H](O)CCCCCCCC(=O)OC[C@H](O)COC(=O)CCCCCCCCCCCC. The number of allylic oxidation sites excluding steroid dienone is 1. The van der Waals surface area contributed by atoms with E-state index in [9.17, 15) is 24.9 Å². The van der Waals surface area contributed by atoms with Crippen molar-refractivity contribution in [3.8, 4) is 0 Å². The van der Waals surface area contributed by atoms with Gasteiger partial charge in [0.15, 0.2) is 0 Å². The molecule has 3 N–H and O–H groups in total. The van der Waals surface area contributed by atoms with Gasteiger partial charge < -0.3 is 24.8 Å². The lowest BCUT2D eigenvalue weighted by Gasteiger charge is -2.16. The third kappa shape index (κ3) is 28.5. The molecule has 0 saturated carbocycles. The number of aliphatic hydroxyl groups excluding tert-OH is 3. The number of esters is 2. The van der Waals surface area contributed by atoms with E-state index in [1.807, 2.05) is 6.08 Å². The Hall–Kier alpha value is -1.44. The van der Waals surface area contributed by atoms with Crippen molar-refractivity contribution in [1.82, 2.24) is 0 Å². The van der Waals surface area contributed by atoms with Crippen molar-refractivity contribution < 1.29 is 34.4 Å².